The van der Waals surface area contributed by atoms with Crippen LogP contribution < -0.4 is 4.90 Å². The van der Waals surface area contributed by atoms with Gasteiger partial charge in [-0.15, -0.1) is 0 Å². The third-order valence-corrected chi connectivity index (χ3v) is 3.84. The molecule has 0 aliphatic carbocycles. The second-order valence-electron chi connectivity index (χ2n) is 6.46. The highest BCUT2D eigenvalue weighted by Crippen LogP contribution is 2.30. The van der Waals surface area contributed by atoms with Crippen molar-refractivity contribution in [3.63, 3.8) is 0 Å². The summed E-state index contributed by atoms with van der Waals surface area (Å²) in [7, 11) is 0. The minimum absolute atomic E-state index is 0.0207. The lowest BCUT2D eigenvalue weighted by Crippen LogP contribution is -2.29. The van der Waals surface area contributed by atoms with E-state index in [4.69, 9.17) is 4.98 Å². The van der Waals surface area contributed by atoms with E-state index in [1.54, 1.807) is 0 Å². The van der Waals surface area contributed by atoms with Gasteiger partial charge in [0.2, 0.25) is 0 Å². The lowest BCUT2D eigenvalue weighted by molar-refractivity contribution is 0.541. The fourth-order valence-corrected chi connectivity index (χ4v) is 2.88. The molecule has 0 saturated carbocycles. The summed E-state index contributed by atoms with van der Waals surface area (Å²) < 4.78 is 0.879. The van der Waals surface area contributed by atoms with Crippen molar-refractivity contribution in [1.82, 2.24) is 9.97 Å². The SMILES string of the molecule is CC1CC(C)N(c2cc(Br)nc(C(C)(C)C)n2)C1. The Morgan fingerprint density at radius 1 is 1.28 bits per heavy atom. The largest absolute Gasteiger partial charge is 0.353 e. The molecule has 0 N–H and O–H groups in total. The van der Waals surface area contributed by atoms with Crippen LogP contribution in [0.2, 0.25) is 0 Å². The second-order valence-corrected chi connectivity index (χ2v) is 7.28. The minimum Gasteiger partial charge on any atom is -0.353 e. The van der Waals surface area contributed by atoms with Gasteiger partial charge >= 0.3 is 0 Å². The highest BCUT2D eigenvalue weighted by molar-refractivity contribution is 9.10. The van der Waals surface area contributed by atoms with Gasteiger partial charge in [-0.3, -0.25) is 0 Å². The molecule has 0 radical (unpaired) electrons. The molecule has 2 rings (SSSR count). The average molecular weight is 312 g/mol. The summed E-state index contributed by atoms with van der Waals surface area (Å²) in [6.07, 6.45) is 1.24. The summed E-state index contributed by atoms with van der Waals surface area (Å²) >= 11 is 3.51. The van der Waals surface area contributed by atoms with E-state index in [1.807, 2.05) is 6.07 Å². The predicted octanol–water partition coefficient (Wildman–Crippen LogP) is 3.77. The Kier molecular flexibility index (Phi) is 3.67. The molecule has 1 aromatic rings. The average Bonchev–Trinajstić information content (AvgIpc) is 2.55. The van der Waals surface area contributed by atoms with E-state index in [1.165, 1.54) is 6.42 Å². The Hall–Kier alpha value is -0.640. The van der Waals surface area contributed by atoms with Crippen LogP contribution in [-0.4, -0.2) is 22.6 Å². The van der Waals surface area contributed by atoms with Crippen LogP contribution in [0.3, 0.4) is 0 Å². The molecule has 1 saturated heterocycles. The molecule has 0 aromatic carbocycles. The monoisotopic (exact) mass is 311 g/mol. The standard InChI is InChI=1S/C14H22BrN3/c1-9-6-10(2)18(8-9)12-7-11(15)16-13(17-12)14(3,4)5/h7,9-10H,6,8H2,1-5H3. The number of halogens is 1. The van der Waals surface area contributed by atoms with Crippen LogP contribution in [0.5, 0.6) is 0 Å². The minimum atomic E-state index is -0.0207. The number of aromatic nitrogens is 2. The van der Waals surface area contributed by atoms with Gasteiger partial charge in [-0.05, 0) is 35.2 Å². The van der Waals surface area contributed by atoms with E-state index >= 15 is 0 Å². The molecule has 0 bridgehead atoms. The van der Waals surface area contributed by atoms with Gasteiger partial charge in [0.05, 0.1) is 0 Å². The molecule has 0 amide bonds. The van der Waals surface area contributed by atoms with Gasteiger partial charge < -0.3 is 4.90 Å². The highest BCUT2D eigenvalue weighted by atomic mass is 79.9. The van der Waals surface area contributed by atoms with Gasteiger partial charge in [-0.1, -0.05) is 27.7 Å². The van der Waals surface area contributed by atoms with E-state index in [2.05, 4.69) is 60.4 Å². The van der Waals surface area contributed by atoms with Gasteiger partial charge in [-0.25, -0.2) is 9.97 Å². The molecule has 4 heteroatoms. The zero-order valence-corrected chi connectivity index (χ0v) is 13.5. The van der Waals surface area contributed by atoms with Crippen LogP contribution in [0.25, 0.3) is 0 Å². The van der Waals surface area contributed by atoms with Crippen molar-refractivity contribution in [3.8, 4) is 0 Å². The van der Waals surface area contributed by atoms with Crippen LogP contribution in [0, 0.1) is 5.92 Å². The molecule has 100 valence electrons. The van der Waals surface area contributed by atoms with Crippen LogP contribution in [0.15, 0.2) is 10.7 Å². The molecular formula is C14H22BrN3. The van der Waals surface area contributed by atoms with E-state index in [9.17, 15) is 0 Å². The topological polar surface area (TPSA) is 29.0 Å². The Labute approximate surface area is 118 Å². The second kappa shape index (κ2) is 4.80. The van der Waals surface area contributed by atoms with Gasteiger partial charge in [0.25, 0.3) is 0 Å². The summed E-state index contributed by atoms with van der Waals surface area (Å²) in [6.45, 7) is 12.1. The summed E-state index contributed by atoms with van der Waals surface area (Å²) in [5.41, 5.74) is -0.0207. The van der Waals surface area contributed by atoms with Crippen molar-refractivity contribution in [3.05, 3.63) is 16.5 Å². The fourth-order valence-electron chi connectivity index (χ4n) is 2.51. The van der Waals surface area contributed by atoms with Crippen LogP contribution >= 0.6 is 15.9 Å². The number of hydrogen-bond acceptors (Lipinski definition) is 3. The quantitative estimate of drug-likeness (QED) is 0.739. The molecule has 0 spiro atoms. The van der Waals surface area contributed by atoms with Crippen molar-refractivity contribution in [2.24, 2.45) is 5.92 Å². The molecule has 1 aromatic heterocycles. The van der Waals surface area contributed by atoms with Crippen molar-refractivity contribution in [2.75, 3.05) is 11.4 Å². The lowest BCUT2D eigenvalue weighted by atomic mass is 9.96. The van der Waals surface area contributed by atoms with E-state index in [0.29, 0.717) is 6.04 Å². The van der Waals surface area contributed by atoms with Gasteiger partial charge in [-0.2, -0.15) is 0 Å². The first-order valence-electron chi connectivity index (χ1n) is 6.59. The van der Waals surface area contributed by atoms with Crippen molar-refractivity contribution in [1.29, 1.82) is 0 Å². The third kappa shape index (κ3) is 2.85. The molecule has 1 aliphatic rings. The summed E-state index contributed by atoms with van der Waals surface area (Å²) in [6, 6.07) is 2.60. The molecule has 1 aliphatic heterocycles. The molecule has 2 heterocycles. The Morgan fingerprint density at radius 2 is 1.94 bits per heavy atom. The maximum Gasteiger partial charge on any atom is 0.137 e. The molecular weight excluding hydrogens is 290 g/mol. The molecule has 1 fully saturated rings. The Bertz CT molecular complexity index is 439. The first kappa shape index (κ1) is 13.8. The van der Waals surface area contributed by atoms with Crippen LogP contribution in [0.1, 0.15) is 46.9 Å². The molecule has 2 atom stereocenters. The maximum atomic E-state index is 4.76. The van der Waals surface area contributed by atoms with Crippen molar-refractivity contribution >= 4 is 21.7 Å². The summed E-state index contributed by atoms with van der Waals surface area (Å²) in [5, 5.41) is 0. The van der Waals surface area contributed by atoms with E-state index < -0.39 is 0 Å². The smallest absolute Gasteiger partial charge is 0.137 e. The van der Waals surface area contributed by atoms with Crippen molar-refractivity contribution in [2.45, 2.75) is 52.5 Å². The Balaban J connectivity index is 2.37. The summed E-state index contributed by atoms with van der Waals surface area (Å²) in [4.78, 5) is 11.7. The number of hydrogen-bond donors (Lipinski definition) is 0. The fraction of sp³-hybridized carbons (Fsp3) is 0.714. The third-order valence-electron chi connectivity index (χ3n) is 3.43. The zero-order chi connectivity index (χ0) is 13.5. The maximum absolute atomic E-state index is 4.76. The zero-order valence-electron chi connectivity index (χ0n) is 11.9. The number of anilines is 1. The summed E-state index contributed by atoms with van der Waals surface area (Å²) in [5.74, 6) is 2.70. The van der Waals surface area contributed by atoms with E-state index in [-0.39, 0.29) is 5.41 Å². The van der Waals surface area contributed by atoms with Gasteiger partial charge in [0.1, 0.15) is 16.2 Å². The van der Waals surface area contributed by atoms with Gasteiger partial charge in [0, 0.05) is 24.1 Å². The number of rotatable bonds is 1. The van der Waals surface area contributed by atoms with Crippen molar-refractivity contribution < 1.29 is 0 Å². The van der Waals surface area contributed by atoms with Crippen LogP contribution in [-0.2, 0) is 5.41 Å². The van der Waals surface area contributed by atoms with Crippen LogP contribution in [0.4, 0.5) is 5.82 Å². The lowest BCUT2D eigenvalue weighted by Gasteiger charge is -2.25. The molecule has 2 unspecified atom stereocenters. The first-order valence-corrected chi connectivity index (χ1v) is 7.38. The molecule has 18 heavy (non-hydrogen) atoms. The highest BCUT2D eigenvalue weighted by Gasteiger charge is 2.28. The predicted molar refractivity (Wildman–Crippen MR) is 79.0 cm³/mol. The van der Waals surface area contributed by atoms with E-state index in [0.717, 1.165) is 28.7 Å². The normalized spacial score (nSPS) is 24.7. The first-order chi connectivity index (χ1) is 8.27. The number of nitrogens with zero attached hydrogens (tertiary/aromatic N) is 3. The Morgan fingerprint density at radius 3 is 2.44 bits per heavy atom. The molecule has 3 nitrogen and oxygen atoms in total. The van der Waals surface area contributed by atoms with Gasteiger partial charge in [0.15, 0.2) is 0 Å².